The fourth-order valence-corrected chi connectivity index (χ4v) is 1.76. The molecule has 0 heterocycles. The normalized spacial score (nSPS) is 10.3. The number of hydrogen-bond acceptors (Lipinski definition) is 3. The molecule has 0 aliphatic rings. The second kappa shape index (κ2) is 6.00. The van der Waals surface area contributed by atoms with Crippen LogP contribution in [0.1, 0.15) is 22.3 Å². The van der Waals surface area contributed by atoms with Crippen LogP contribution >= 0.6 is 15.9 Å². The minimum absolute atomic E-state index is 0.0715. The monoisotopic (exact) mass is 271 g/mol. The van der Waals surface area contributed by atoms with Crippen LogP contribution in [0, 0.1) is 0 Å². The molecular weight excluding hydrogens is 258 g/mol. The van der Waals surface area contributed by atoms with E-state index in [1.54, 1.807) is 13.2 Å². The molecular formula is C11H14BrNO2. The number of benzene rings is 1. The molecule has 82 valence electrons. The summed E-state index contributed by atoms with van der Waals surface area (Å²) in [6.07, 6.45) is 0.385. The Morgan fingerprint density at radius 1 is 1.53 bits per heavy atom. The van der Waals surface area contributed by atoms with Crippen molar-refractivity contribution in [3.8, 4) is 0 Å². The topological polar surface area (TPSA) is 52.3 Å². The Labute approximate surface area is 97.7 Å². The Morgan fingerprint density at radius 3 is 2.80 bits per heavy atom. The maximum Gasteiger partial charge on any atom is 0.164 e. The Balaban J connectivity index is 2.86. The average molecular weight is 272 g/mol. The average Bonchev–Trinajstić information content (AvgIpc) is 2.21. The van der Waals surface area contributed by atoms with Gasteiger partial charge in [-0.15, -0.1) is 0 Å². The van der Waals surface area contributed by atoms with Gasteiger partial charge in [-0.25, -0.2) is 0 Å². The molecule has 0 bridgehead atoms. The van der Waals surface area contributed by atoms with Crippen molar-refractivity contribution >= 4 is 21.7 Å². The summed E-state index contributed by atoms with van der Waals surface area (Å²) in [4.78, 5) is 11.5. The predicted molar refractivity (Wildman–Crippen MR) is 62.9 cm³/mol. The number of carbonyl (C=O) groups is 1. The van der Waals surface area contributed by atoms with Crippen molar-refractivity contribution in [3.63, 3.8) is 0 Å². The fourth-order valence-electron chi connectivity index (χ4n) is 1.27. The molecule has 15 heavy (non-hydrogen) atoms. The molecule has 1 aromatic carbocycles. The van der Waals surface area contributed by atoms with E-state index in [1.807, 2.05) is 12.1 Å². The number of methoxy groups -OCH3 is 1. The maximum absolute atomic E-state index is 11.5. The van der Waals surface area contributed by atoms with Crippen LogP contribution < -0.4 is 5.73 Å². The molecule has 0 radical (unpaired) electrons. The van der Waals surface area contributed by atoms with Crippen molar-refractivity contribution in [2.75, 3.05) is 13.7 Å². The van der Waals surface area contributed by atoms with Gasteiger partial charge in [0.15, 0.2) is 5.78 Å². The number of ketones is 1. The molecule has 0 atom stereocenters. The van der Waals surface area contributed by atoms with Gasteiger partial charge in [0.25, 0.3) is 0 Å². The molecule has 4 heteroatoms. The largest absolute Gasteiger partial charge is 0.380 e. The van der Waals surface area contributed by atoms with Gasteiger partial charge in [-0.2, -0.15) is 0 Å². The lowest BCUT2D eigenvalue weighted by Crippen LogP contribution is -2.08. The Hall–Kier alpha value is -0.710. The zero-order chi connectivity index (χ0) is 11.3. The third-order valence-corrected chi connectivity index (χ3v) is 2.78. The number of carbonyl (C=O) groups excluding carboxylic acids is 1. The summed E-state index contributed by atoms with van der Waals surface area (Å²) in [5.41, 5.74) is 7.05. The Kier molecular flexibility index (Phi) is 4.94. The van der Waals surface area contributed by atoms with Gasteiger partial charge in [-0.05, 0) is 18.2 Å². The van der Waals surface area contributed by atoms with Crippen molar-refractivity contribution in [1.82, 2.24) is 0 Å². The lowest BCUT2D eigenvalue weighted by atomic mass is 10.1. The summed E-state index contributed by atoms with van der Waals surface area (Å²) in [5, 5.41) is 0. The number of ether oxygens (including phenoxy) is 1. The Bertz CT molecular complexity index is 352. The summed E-state index contributed by atoms with van der Waals surface area (Å²) >= 11 is 3.40. The minimum atomic E-state index is 0.0715. The van der Waals surface area contributed by atoms with Crippen LogP contribution in [0.5, 0.6) is 0 Å². The first-order valence-corrected chi connectivity index (χ1v) is 5.49. The van der Waals surface area contributed by atoms with Crippen molar-refractivity contribution in [2.45, 2.75) is 13.0 Å². The summed E-state index contributed by atoms with van der Waals surface area (Å²) < 4.78 is 5.92. The van der Waals surface area contributed by atoms with Crippen molar-refractivity contribution in [2.24, 2.45) is 5.73 Å². The fraction of sp³-hybridized carbons (Fsp3) is 0.364. The molecule has 2 N–H and O–H groups in total. The standard InChI is InChI=1S/C11H14BrNO2/c1-15-7-9-3-2-8(6-10(9)12)11(14)4-5-13/h2-3,6H,4-5,7,13H2,1H3. The summed E-state index contributed by atoms with van der Waals surface area (Å²) in [5.74, 6) is 0.0715. The van der Waals surface area contributed by atoms with E-state index in [-0.39, 0.29) is 5.78 Å². The first kappa shape index (κ1) is 12.4. The van der Waals surface area contributed by atoms with E-state index < -0.39 is 0 Å². The van der Waals surface area contributed by atoms with E-state index >= 15 is 0 Å². The molecule has 0 aliphatic heterocycles. The number of Topliss-reactive ketones (excluding diaryl/α,β-unsaturated/α-hetero) is 1. The van der Waals surface area contributed by atoms with Gasteiger partial charge in [0.05, 0.1) is 6.61 Å². The van der Waals surface area contributed by atoms with Gasteiger partial charge < -0.3 is 10.5 Å². The van der Waals surface area contributed by atoms with Crippen molar-refractivity contribution in [1.29, 1.82) is 0 Å². The molecule has 0 unspecified atom stereocenters. The van der Waals surface area contributed by atoms with E-state index in [1.165, 1.54) is 0 Å². The number of halogens is 1. The highest BCUT2D eigenvalue weighted by Gasteiger charge is 2.07. The smallest absolute Gasteiger partial charge is 0.164 e. The molecule has 1 rings (SSSR count). The predicted octanol–water partition coefficient (Wildman–Crippen LogP) is 2.13. The lowest BCUT2D eigenvalue weighted by Gasteiger charge is -2.05. The van der Waals surface area contributed by atoms with Crippen LogP contribution in [0.2, 0.25) is 0 Å². The second-order valence-electron chi connectivity index (χ2n) is 3.20. The van der Waals surface area contributed by atoms with Gasteiger partial charge in [0, 0.05) is 23.6 Å². The van der Waals surface area contributed by atoms with Gasteiger partial charge in [-0.1, -0.05) is 28.1 Å². The van der Waals surface area contributed by atoms with Gasteiger partial charge in [-0.3, -0.25) is 4.79 Å². The highest BCUT2D eigenvalue weighted by Crippen LogP contribution is 2.20. The van der Waals surface area contributed by atoms with Crippen molar-refractivity contribution < 1.29 is 9.53 Å². The molecule has 0 spiro atoms. The zero-order valence-electron chi connectivity index (χ0n) is 8.63. The molecule has 1 aromatic rings. The Morgan fingerprint density at radius 2 is 2.27 bits per heavy atom. The molecule has 0 aliphatic carbocycles. The van der Waals surface area contributed by atoms with Crippen LogP contribution in [0.4, 0.5) is 0 Å². The summed E-state index contributed by atoms with van der Waals surface area (Å²) in [6.45, 7) is 0.919. The van der Waals surface area contributed by atoms with Crippen LogP contribution in [0.3, 0.4) is 0 Å². The molecule has 0 aromatic heterocycles. The molecule has 0 saturated heterocycles. The van der Waals surface area contributed by atoms with E-state index in [4.69, 9.17) is 10.5 Å². The third-order valence-electron chi connectivity index (χ3n) is 2.05. The highest BCUT2D eigenvalue weighted by molar-refractivity contribution is 9.10. The minimum Gasteiger partial charge on any atom is -0.380 e. The third kappa shape index (κ3) is 3.41. The first-order valence-electron chi connectivity index (χ1n) is 4.69. The van der Waals surface area contributed by atoms with Crippen LogP contribution in [0.15, 0.2) is 22.7 Å². The number of nitrogens with two attached hydrogens (primary N) is 1. The number of hydrogen-bond donors (Lipinski definition) is 1. The van der Waals surface area contributed by atoms with Gasteiger partial charge in [0.2, 0.25) is 0 Å². The molecule has 0 fully saturated rings. The van der Waals surface area contributed by atoms with Crippen LogP contribution in [0.25, 0.3) is 0 Å². The van der Waals surface area contributed by atoms with E-state index in [2.05, 4.69) is 15.9 Å². The first-order chi connectivity index (χ1) is 7.19. The van der Waals surface area contributed by atoms with E-state index in [0.717, 1.165) is 10.0 Å². The van der Waals surface area contributed by atoms with Gasteiger partial charge >= 0.3 is 0 Å². The summed E-state index contributed by atoms with van der Waals surface area (Å²) in [6, 6.07) is 5.50. The summed E-state index contributed by atoms with van der Waals surface area (Å²) in [7, 11) is 1.64. The molecule has 0 amide bonds. The van der Waals surface area contributed by atoms with Gasteiger partial charge in [0.1, 0.15) is 0 Å². The lowest BCUT2D eigenvalue weighted by molar-refractivity contribution is 0.0985. The van der Waals surface area contributed by atoms with Crippen LogP contribution in [-0.2, 0) is 11.3 Å². The highest BCUT2D eigenvalue weighted by atomic mass is 79.9. The molecule has 0 saturated carbocycles. The molecule has 3 nitrogen and oxygen atoms in total. The zero-order valence-corrected chi connectivity index (χ0v) is 10.2. The van der Waals surface area contributed by atoms with E-state index in [9.17, 15) is 4.79 Å². The van der Waals surface area contributed by atoms with E-state index in [0.29, 0.717) is 25.1 Å². The maximum atomic E-state index is 11.5. The SMILES string of the molecule is COCc1ccc(C(=O)CCN)cc1Br. The van der Waals surface area contributed by atoms with Crippen molar-refractivity contribution in [3.05, 3.63) is 33.8 Å². The van der Waals surface area contributed by atoms with Crippen LogP contribution in [-0.4, -0.2) is 19.4 Å². The number of rotatable bonds is 5. The second-order valence-corrected chi connectivity index (χ2v) is 4.06. The quantitative estimate of drug-likeness (QED) is 0.835.